The van der Waals surface area contributed by atoms with E-state index in [-0.39, 0.29) is 12.2 Å². The quantitative estimate of drug-likeness (QED) is 0.544. The topological polar surface area (TPSA) is 145 Å². The number of hydrogen-bond acceptors (Lipinski definition) is 6. The summed E-state index contributed by atoms with van der Waals surface area (Å²) in [7, 11) is 0. The molecule has 9 nitrogen and oxygen atoms in total. The van der Waals surface area contributed by atoms with Gasteiger partial charge in [0, 0.05) is 11.9 Å². The highest BCUT2D eigenvalue weighted by molar-refractivity contribution is 6.01. The van der Waals surface area contributed by atoms with E-state index in [0.29, 0.717) is 16.5 Å². The van der Waals surface area contributed by atoms with Gasteiger partial charge < -0.3 is 25.4 Å². The number of carboxylic acids is 1. The first-order valence-corrected chi connectivity index (χ1v) is 7.63. The highest BCUT2D eigenvalue weighted by Crippen LogP contribution is 2.23. The van der Waals surface area contributed by atoms with Crippen molar-refractivity contribution >= 4 is 23.0 Å². The third kappa shape index (κ3) is 4.68. The summed E-state index contributed by atoms with van der Waals surface area (Å²) in [6.45, 7) is 4.89. The average molecular weight is 351 g/mol. The normalized spacial score (nSPS) is 14.1. The van der Waals surface area contributed by atoms with E-state index in [1.165, 1.54) is 12.1 Å². The van der Waals surface area contributed by atoms with Crippen LogP contribution < -0.4 is 5.32 Å². The SMILES string of the molecule is CC(C)(C)OC(=O)NCC(O)C(O)c1ccc2[nH]nc(C(=O)O)c2c1. The Hall–Kier alpha value is -2.65. The lowest BCUT2D eigenvalue weighted by Crippen LogP contribution is -2.38. The molecule has 0 saturated heterocycles. The number of H-pyrrole nitrogens is 1. The Kier molecular flexibility index (Phi) is 5.29. The Bertz CT molecular complexity index is 780. The number of carbonyl (C=O) groups excluding carboxylic acids is 1. The smallest absolute Gasteiger partial charge is 0.407 e. The van der Waals surface area contributed by atoms with E-state index in [1.807, 2.05) is 0 Å². The molecule has 136 valence electrons. The monoisotopic (exact) mass is 351 g/mol. The Morgan fingerprint density at radius 3 is 2.60 bits per heavy atom. The lowest BCUT2D eigenvalue weighted by molar-refractivity contribution is 0.0130. The highest BCUT2D eigenvalue weighted by atomic mass is 16.6. The van der Waals surface area contributed by atoms with Gasteiger partial charge in [-0.3, -0.25) is 5.10 Å². The molecule has 2 rings (SSSR count). The van der Waals surface area contributed by atoms with E-state index in [9.17, 15) is 19.8 Å². The molecule has 0 aliphatic carbocycles. The van der Waals surface area contributed by atoms with Crippen LogP contribution in [0.3, 0.4) is 0 Å². The van der Waals surface area contributed by atoms with Crippen molar-refractivity contribution in [3.05, 3.63) is 29.5 Å². The number of aliphatic hydroxyl groups is 2. The summed E-state index contributed by atoms with van der Waals surface area (Å²) in [5, 5.41) is 38.3. The van der Waals surface area contributed by atoms with Gasteiger partial charge in [0.15, 0.2) is 5.69 Å². The van der Waals surface area contributed by atoms with Gasteiger partial charge in [-0.25, -0.2) is 9.59 Å². The second-order valence-electron chi connectivity index (χ2n) is 6.58. The van der Waals surface area contributed by atoms with E-state index < -0.39 is 29.9 Å². The zero-order valence-corrected chi connectivity index (χ0v) is 14.1. The van der Waals surface area contributed by atoms with Gasteiger partial charge in [-0.2, -0.15) is 5.10 Å². The van der Waals surface area contributed by atoms with Crippen LogP contribution in [0.4, 0.5) is 4.79 Å². The standard InChI is InChI=1S/C16H21N3O6/c1-16(2,3)25-15(24)17-7-11(20)13(21)8-4-5-10-9(6-8)12(14(22)23)19-18-10/h4-6,11,13,20-21H,7H2,1-3H3,(H,17,24)(H,18,19)(H,22,23). The predicted octanol–water partition coefficient (Wildman–Crippen LogP) is 1.18. The summed E-state index contributed by atoms with van der Waals surface area (Å²) in [5.74, 6) is -1.20. The molecule has 1 amide bonds. The van der Waals surface area contributed by atoms with Crippen molar-refractivity contribution in [1.82, 2.24) is 15.5 Å². The maximum Gasteiger partial charge on any atom is 0.407 e. The van der Waals surface area contributed by atoms with Crippen LogP contribution in [0.15, 0.2) is 18.2 Å². The molecule has 9 heteroatoms. The number of hydrogen-bond donors (Lipinski definition) is 5. The van der Waals surface area contributed by atoms with Gasteiger partial charge in [-0.1, -0.05) is 6.07 Å². The van der Waals surface area contributed by atoms with E-state index in [1.54, 1.807) is 26.8 Å². The number of rotatable bonds is 5. The number of carboxylic acid groups (broad SMARTS) is 1. The summed E-state index contributed by atoms with van der Waals surface area (Å²) in [6, 6.07) is 4.53. The number of nitrogens with zero attached hydrogens (tertiary/aromatic N) is 1. The van der Waals surface area contributed by atoms with Gasteiger partial charge in [-0.15, -0.1) is 0 Å². The molecular weight excluding hydrogens is 330 g/mol. The van der Waals surface area contributed by atoms with Gasteiger partial charge in [0.1, 0.15) is 17.8 Å². The minimum Gasteiger partial charge on any atom is -0.476 e. The number of amides is 1. The Balaban J connectivity index is 2.07. The summed E-state index contributed by atoms with van der Waals surface area (Å²) in [6.07, 6.45) is -3.33. The number of ether oxygens (including phenoxy) is 1. The van der Waals surface area contributed by atoms with E-state index >= 15 is 0 Å². The highest BCUT2D eigenvalue weighted by Gasteiger charge is 2.23. The van der Waals surface area contributed by atoms with Gasteiger partial charge in [0.2, 0.25) is 0 Å². The van der Waals surface area contributed by atoms with Crippen molar-refractivity contribution in [2.24, 2.45) is 0 Å². The fourth-order valence-electron chi connectivity index (χ4n) is 2.21. The van der Waals surface area contributed by atoms with Gasteiger partial charge in [-0.05, 0) is 38.5 Å². The van der Waals surface area contributed by atoms with E-state index in [2.05, 4.69) is 15.5 Å². The zero-order chi connectivity index (χ0) is 18.8. The van der Waals surface area contributed by atoms with Gasteiger partial charge in [0.25, 0.3) is 0 Å². The maximum atomic E-state index is 11.6. The largest absolute Gasteiger partial charge is 0.476 e. The lowest BCUT2D eigenvalue weighted by Gasteiger charge is -2.22. The van der Waals surface area contributed by atoms with Crippen LogP contribution in [0.2, 0.25) is 0 Å². The number of aliphatic hydroxyl groups excluding tert-OH is 2. The fraction of sp³-hybridized carbons (Fsp3) is 0.438. The summed E-state index contributed by atoms with van der Waals surface area (Å²) < 4.78 is 5.04. The number of nitrogens with one attached hydrogen (secondary N) is 2. The number of aromatic nitrogens is 2. The molecule has 2 aromatic rings. The summed E-state index contributed by atoms with van der Waals surface area (Å²) >= 11 is 0. The van der Waals surface area contributed by atoms with Crippen LogP contribution in [0, 0.1) is 0 Å². The third-order valence-corrected chi connectivity index (χ3v) is 3.35. The number of aromatic carboxylic acids is 1. The molecule has 0 aliphatic rings. The van der Waals surface area contributed by atoms with Crippen molar-refractivity contribution in [2.75, 3.05) is 6.54 Å². The number of fused-ring (bicyclic) bond motifs is 1. The first kappa shape index (κ1) is 18.7. The van der Waals surface area contributed by atoms with Crippen LogP contribution in [-0.2, 0) is 4.74 Å². The summed E-state index contributed by atoms with van der Waals surface area (Å²) in [5.41, 5.74) is -0.0530. The molecule has 0 aliphatic heterocycles. The second kappa shape index (κ2) is 7.08. The Morgan fingerprint density at radius 1 is 1.32 bits per heavy atom. The van der Waals surface area contributed by atoms with E-state index in [4.69, 9.17) is 9.84 Å². The van der Waals surface area contributed by atoms with Crippen LogP contribution in [0.25, 0.3) is 10.9 Å². The molecular formula is C16H21N3O6. The minimum absolute atomic E-state index is 0.176. The molecule has 0 radical (unpaired) electrons. The lowest BCUT2D eigenvalue weighted by atomic mass is 10.0. The molecule has 0 fully saturated rings. The minimum atomic E-state index is -1.32. The average Bonchev–Trinajstić information content (AvgIpc) is 2.93. The summed E-state index contributed by atoms with van der Waals surface area (Å²) in [4.78, 5) is 22.7. The van der Waals surface area contributed by atoms with Crippen molar-refractivity contribution in [2.45, 2.75) is 38.6 Å². The van der Waals surface area contributed by atoms with Crippen LogP contribution >= 0.6 is 0 Å². The van der Waals surface area contributed by atoms with E-state index in [0.717, 1.165) is 0 Å². The maximum absolute atomic E-state index is 11.6. The van der Waals surface area contributed by atoms with Crippen molar-refractivity contribution < 1.29 is 29.6 Å². The number of aromatic amines is 1. The Morgan fingerprint density at radius 2 is 2.00 bits per heavy atom. The zero-order valence-electron chi connectivity index (χ0n) is 14.1. The molecule has 0 saturated carbocycles. The molecule has 0 spiro atoms. The van der Waals surface area contributed by atoms with Crippen molar-refractivity contribution in [3.63, 3.8) is 0 Å². The van der Waals surface area contributed by atoms with Crippen LogP contribution in [0.1, 0.15) is 42.9 Å². The third-order valence-electron chi connectivity index (χ3n) is 3.35. The first-order chi connectivity index (χ1) is 11.6. The van der Waals surface area contributed by atoms with Gasteiger partial charge >= 0.3 is 12.1 Å². The number of carbonyl (C=O) groups is 2. The molecule has 0 bridgehead atoms. The molecule has 1 heterocycles. The molecule has 25 heavy (non-hydrogen) atoms. The van der Waals surface area contributed by atoms with Gasteiger partial charge in [0.05, 0.1) is 5.52 Å². The molecule has 5 N–H and O–H groups in total. The second-order valence-corrected chi connectivity index (χ2v) is 6.58. The van der Waals surface area contributed by atoms with Crippen molar-refractivity contribution in [3.8, 4) is 0 Å². The fourth-order valence-corrected chi connectivity index (χ4v) is 2.21. The molecule has 2 unspecified atom stereocenters. The first-order valence-electron chi connectivity index (χ1n) is 7.63. The van der Waals surface area contributed by atoms with Crippen molar-refractivity contribution in [1.29, 1.82) is 0 Å². The molecule has 1 aromatic carbocycles. The Labute approximate surface area is 143 Å². The predicted molar refractivity (Wildman–Crippen MR) is 88.3 cm³/mol. The molecule has 2 atom stereocenters. The molecule has 1 aromatic heterocycles. The van der Waals surface area contributed by atoms with Crippen LogP contribution in [0.5, 0.6) is 0 Å². The number of alkyl carbamates (subject to hydrolysis) is 1. The number of benzene rings is 1. The van der Waals surface area contributed by atoms with Crippen LogP contribution in [-0.4, -0.2) is 55.8 Å².